The molecule has 0 aromatic heterocycles. The topological polar surface area (TPSA) is 55.6 Å². The van der Waals surface area contributed by atoms with E-state index in [0.717, 1.165) is 19.0 Å². The molecule has 0 heterocycles. The Morgan fingerprint density at radius 3 is 2.78 bits per heavy atom. The van der Waals surface area contributed by atoms with Crippen LogP contribution in [-0.4, -0.2) is 43.7 Å². The van der Waals surface area contributed by atoms with Gasteiger partial charge in [0.2, 0.25) is 0 Å². The number of esters is 1. The Morgan fingerprint density at radius 2 is 2.17 bits per heavy atom. The van der Waals surface area contributed by atoms with Crippen molar-refractivity contribution >= 4 is 5.97 Å². The maximum atomic E-state index is 11.4. The summed E-state index contributed by atoms with van der Waals surface area (Å²) in [6.07, 6.45) is 4.17. The molecule has 0 aliphatic heterocycles. The predicted molar refractivity (Wildman–Crippen MR) is 73.2 cm³/mol. The minimum absolute atomic E-state index is 0.0995. The van der Waals surface area contributed by atoms with E-state index < -0.39 is 0 Å². The third-order valence-electron chi connectivity index (χ3n) is 4.06. The molecule has 3 atom stereocenters. The van der Waals surface area contributed by atoms with E-state index in [1.54, 1.807) is 0 Å². The Kier molecular flexibility index (Phi) is 6.65. The lowest BCUT2D eigenvalue weighted by atomic mass is 9.78. The first-order valence-corrected chi connectivity index (χ1v) is 7.14. The summed E-state index contributed by atoms with van der Waals surface area (Å²) in [6, 6.07) is 0.521. The van der Waals surface area contributed by atoms with Crippen LogP contribution in [0.1, 0.15) is 39.5 Å². The van der Waals surface area contributed by atoms with Crippen molar-refractivity contribution in [2.45, 2.75) is 45.6 Å². The highest BCUT2D eigenvalue weighted by atomic mass is 16.5. The van der Waals surface area contributed by atoms with E-state index in [9.17, 15) is 4.79 Å². The van der Waals surface area contributed by atoms with Gasteiger partial charge in [-0.05, 0) is 45.2 Å². The number of carbonyl (C=O) groups excluding carboxylic acids is 1. The second-order valence-corrected chi connectivity index (χ2v) is 5.52. The van der Waals surface area contributed by atoms with Gasteiger partial charge < -0.3 is 15.4 Å². The molecule has 0 radical (unpaired) electrons. The van der Waals surface area contributed by atoms with Crippen molar-refractivity contribution in [3.05, 3.63) is 0 Å². The number of nitrogens with two attached hydrogens (primary N) is 1. The Hall–Kier alpha value is -0.610. The fraction of sp³-hybridized carbons (Fsp3) is 0.929. The minimum Gasteiger partial charge on any atom is -0.466 e. The highest BCUT2D eigenvalue weighted by molar-refractivity contribution is 5.69. The van der Waals surface area contributed by atoms with Crippen molar-refractivity contribution in [2.24, 2.45) is 17.6 Å². The Labute approximate surface area is 111 Å². The molecule has 1 rings (SSSR count). The Balaban J connectivity index is 2.42. The molecule has 4 nitrogen and oxygen atoms in total. The lowest BCUT2D eigenvalue weighted by Gasteiger charge is -2.40. The maximum Gasteiger partial charge on any atom is 0.307 e. The normalized spacial score (nSPS) is 28.4. The van der Waals surface area contributed by atoms with Gasteiger partial charge in [-0.15, -0.1) is 0 Å². The molecule has 3 unspecified atom stereocenters. The standard InChI is InChI=1S/C14H28N2O2/c1-4-18-14(17)7-8-16(3)13-9-11(2)5-6-12(13)10-15/h11-13H,4-10,15H2,1-3H3. The van der Waals surface area contributed by atoms with Crippen LogP contribution in [0.5, 0.6) is 0 Å². The SMILES string of the molecule is CCOC(=O)CCN(C)C1CC(C)CCC1CN. The zero-order valence-corrected chi connectivity index (χ0v) is 12.0. The first-order valence-electron chi connectivity index (χ1n) is 7.14. The summed E-state index contributed by atoms with van der Waals surface area (Å²) < 4.78 is 4.96. The minimum atomic E-state index is -0.0995. The van der Waals surface area contributed by atoms with Gasteiger partial charge in [0.15, 0.2) is 0 Å². The van der Waals surface area contributed by atoms with Crippen LogP contribution < -0.4 is 5.73 Å². The van der Waals surface area contributed by atoms with Gasteiger partial charge in [0.1, 0.15) is 0 Å². The van der Waals surface area contributed by atoms with Crippen molar-refractivity contribution in [3.63, 3.8) is 0 Å². The van der Waals surface area contributed by atoms with Gasteiger partial charge >= 0.3 is 5.97 Å². The zero-order valence-electron chi connectivity index (χ0n) is 12.0. The average Bonchev–Trinajstić information content (AvgIpc) is 2.36. The summed E-state index contributed by atoms with van der Waals surface area (Å²) in [5.41, 5.74) is 5.86. The predicted octanol–water partition coefficient (Wildman–Crippen LogP) is 1.63. The van der Waals surface area contributed by atoms with Crippen molar-refractivity contribution in [1.82, 2.24) is 4.90 Å². The van der Waals surface area contributed by atoms with E-state index in [1.807, 2.05) is 6.92 Å². The molecule has 1 fully saturated rings. The van der Waals surface area contributed by atoms with E-state index in [1.165, 1.54) is 19.3 Å². The van der Waals surface area contributed by atoms with Gasteiger partial charge in [0.05, 0.1) is 13.0 Å². The number of ether oxygens (including phenoxy) is 1. The molecule has 0 amide bonds. The first-order chi connectivity index (χ1) is 8.58. The number of hydrogen-bond acceptors (Lipinski definition) is 4. The third kappa shape index (κ3) is 4.58. The van der Waals surface area contributed by atoms with Gasteiger partial charge in [0.25, 0.3) is 0 Å². The summed E-state index contributed by atoms with van der Waals surface area (Å²) in [5.74, 6) is 1.24. The molecular weight excluding hydrogens is 228 g/mol. The molecule has 4 heteroatoms. The van der Waals surface area contributed by atoms with E-state index in [0.29, 0.717) is 25.0 Å². The lowest BCUT2D eigenvalue weighted by Crippen LogP contribution is -2.45. The number of nitrogens with zero attached hydrogens (tertiary/aromatic N) is 1. The van der Waals surface area contributed by atoms with Crippen LogP contribution >= 0.6 is 0 Å². The summed E-state index contributed by atoms with van der Waals surface area (Å²) in [7, 11) is 2.10. The van der Waals surface area contributed by atoms with Gasteiger partial charge in [0, 0.05) is 12.6 Å². The monoisotopic (exact) mass is 256 g/mol. The molecule has 0 bridgehead atoms. The zero-order chi connectivity index (χ0) is 13.5. The quantitative estimate of drug-likeness (QED) is 0.734. The van der Waals surface area contributed by atoms with Crippen LogP contribution in [0, 0.1) is 11.8 Å². The van der Waals surface area contributed by atoms with Crippen LogP contribution in [0.3, 0.4) is 0 Å². The molecule has 0 aromatic carbocycles. The van der Waals surface area contributed by atoms with E-state index in [4.69, 9.17) is 10.5 Å². The van der Waals surface area contributed by atoms with E-state index in [2.05, 4.69) is 18.9 Å². The van der Waals surface area contributed by atoms with Gasteiger partial charge in [-0.2, -0.15) is 0 Å². The van der Waals surface area contributed by atoms with Gasteiger partial charge in [-0.25, -0.2) is 0 Å². The summed E-state index contributed by atoms with van der Waals surface area (Å²) >= 11 is 0. The molecular formula is C14H28N2O2. The fourth-order valence-corrected chi connectivity index (χ4v) is 2.89. The molecule has 0 saturated heterocycles. The fourth-order valence-electron chi connectivity index (χ4n) is 2.89. The highest BCUT2D eigenvalue weighted by Gasteiger charge is 2.30. The molecule has 2 N–H and O–H groups in total. The molecule has 106 valence electrons. The molecule has 1 saturated carbocycles. The first kappa shape index (κ1) is 15.4. The average molecular weight is 256 g/mol. The highest BCUT2D eigenvalue weighted by Crippen LogP contribution is 2.31. The summed E-state index contributed by atoms with van der Waals surface area (Å²) in [4.78, 5) is 13.7. The van der Waals surface area contributed by atoms with Crippen LogP contribution in [0.15, 0.2) is 0 Å². The molecule has 0 spiro atoms. The smallest absolute Gasteiger partial charge is 0.307 e. The largest absolute Gasteiger partial charge is 0.466 e. The van der Waals surface area contributed by atoms with Crippen LogP contribution in [0.2, 0.25) is 0 Å². The second-order valence-electron chi connectivity index (χ2n) is 5.52. The Bertz CT molecular complexity index is 258. The number of rotatable bonds is 6. The molecule has 18 heavy (non-hydrogen) atoms. The van der Waals surface area contributed by atoms with Crippen LogP contribution in [0.4, 0.5) is 0 Å². The molecule has 1 aliphatic carbocycles. The van der Waals surface area contributed by atoms with Crippen LogP contribution in [-0.2, 0) is 9.53 Å². The van der Waals surface area contributed by atoms with E-state index >= 15 is 0 Å². The summed E-state index contributed by atoms with van der Waals surface area (Å²) in [5, 5.41) is 0. The lowest BCUT2D eigenvalue weighted by molar-refractivity contribution is -0.143. The van der Waals surface area contributed by atoms with Gasteiger partial charge in [-0.1, -0.05) is 13.3 Å². The second kappa shape index (κ2) is 7.74. The number of hydrogen-bond donors (Lipinski definition) is 1. The van der Waals surface area contributed by atoms with Crippen molar-refractivity contribution < 1.29 is 9.53 Å². The third-order valence-corrected chi connectivity index (χ3v) is 4.06. The van der Waals surface area contributed by atoms with Gasteiger partial charge in [-0.3, -0.25) is 4.79 Å². The van der Waals surface area contributed by atoms with Crippen LogP contribution in [0.25, 0.3) is 0 Å². The molecule has 0 aromatic rings. The maximum absolute atomic E-state index is 11.4. The molecule has 1 aliphatic rings. The van der Waals surface area contributed by atoms with Crippen molar-refractivity contribution in [1.29, 1.82) is 0 Å². The summed E-state index contributed by atoms with van der Waals surface area (Å²) in [6.45, 7) is 6.14. The number of carbonyl (C=O) groups is 1. The van der Waals surface area contributed by atoms with E-state index in [-0.39, 0.29) is 5.97 Å². The Morgan fingerprint density at radius 1 is 1.44 bits per heavy atom. The van der Waals surface area contributed by atoms with Crippen molar-refractivity contribution in [2.75, 3.05) is 26.7 Å². The van der Waals surface area contributed by atoms with Crippen molar-refractivity contribution in [3.8, 4) is 0 Å².